The van der Waals surface area contributed by atoms with Crippen molar-refractivity contribution in [3.05, 3.63) is 59.4 Å². The Morgan fingerprint density at radius 2 is 1.89 bits per heavy atom. The molecule has 8 heteroatoms. The van der Waals surface area contributed by atoms with E-state index in [9.17, 15) is 19.6 Å². The Balaban J connectivity index is 1.46. The molecule has 2 aromatic rings. The Kier molecular flexibility index (Phi) is 7.35. The fraction of sp³-hybridized carbons (Fsp3) is 0.448. The van der Waals surface area contributed by atoms with Gasteiger partial charge in [-0.15, -0.1) is 0 Å². The molecule has 4 atom stereocenters. The van der Waals surface area contributed by atoms with Gasteiger partial charge in [0.15, 0.2) is 5.78 Å². The van der Waals surface area contributed by atoms with Gasteiger partial charge in [-0.3, -0.25) is 14.5 Å². The van der Waals surface area contributed by atoms with Crippen LogP contribution in [0.5, 0.6) is 0 Å². The number of nitriles is 1. The zero-order chi connectivity index (χ0) is 26.9. The summed E-state index contributed by atoms with van der Waals surface area (Å²) in [5.41, 5.74) is 6.54. The number of benzene rings is 2. The molecule has 2 N–H and O–H groups in total. The van der Waals surface area contributed by atoms with Crippen molar-refractivity contribution in [3.63, 3.8) is 0 Å². The number of Topliss-reactive ketones (excluding diaryl/α,β-unsaturated/α-hetero) is 1. The van der Waals surface area contributed by atoms with Crippen LogP contribution in [0, 0.1) is 29.0 Å². The Bertz CT molecular complexity index is 1260. The predicted octanol–water partition coefficient (Wildman–Crippen LogP) is 5.02. The lowest BCUT2D eigenvalue weighted by Gasteiger charge is -2.35. The van der Waals surface area contributed by atoms with Gasteiger partial charge in [0.05, 0.1) is 18.0 Å². The number of primary amides is 1. The van der Waals surface area contributed by atoms with Crippen molar-refractivity contribution in [2.24, 2.45) is 17.6 Å². The number of carbonyl (C=O) groups is 3. The fourth-order valence-corrected chi connectivity index (χ4v) is 5.52. The lowest BCUT2D eigenvalue weighted by molar-refractivity contribution is -0.126. The standard InChI is InChI=1S/C29H32FN3O4/c1-29(2,3)37-28(36)33-23-10-9-21(14-23)26(33)25(34)12-17(16-31)11-20-8-7-19(15-24(20)30)18-5-4-6-22(13-18)27(32)35/h4-8,13,15,17,21,23,26H,9-12,14H2,1-3H3,(H2,32,35)/t17-,21+,23-,26+/m1/s1. The maximum absolute atomic E-state index is 15.0. The van der Waals surface area contributed by atoms with Crippen LogP contribution >= 0.6 is 0 Å². The maximum Gasteiger partial charge on any atom is 0.411 e. The smallest absolute Gasteiger partial charge is 0.411 e. The SMILES string of the molecule is CC(C)(C)OC(=O)N1[C@@H]2CC[C@@H](C2)[C@H]1C(=O)C[C@H](C#N)Cc1ccc(-c2cccc(C(N)=O)c2)cc1F. The van der Waals surface area contributed by atoms with Crippen molar-refractivity contribution in [3.8, 4) is 17.2 Å². The minimum atomic E-state index is -0.731. The molecule has 1 aliphatic heterocycles. The summed E-state index contributed by atoms with van der Waals surface area (Å²) in [5.74, 6) is -1.90. The van der Waals surface area contributed by atoms with Gasteiger partial charge in [0, 0.05) is 18.0 Å². The second-order valence-electron chi connectivity index (χ2n) is 11.0. The summed E-state index contributed by atoms with van der Waals surface area (Å²) < 4.78 is 20.6. The van der Waals surface area contributed by atoms with Gasteiger partial charge in [-0.25, -0.2) is 9.18 Å². The monoisotopic (exact) mass is 505 g/mol. The van der Waals surface area contributed by atoms with Crippen molar-refractivity contribution >= 4 is 17.8 Å². The zero-order valence-electron chi connectivity index (χ0n) is 21.4. The molecular weight excluding hydrogens is 473 g/mol. The van der Waals surface area contributed by atoms with Crippen LogP contribution < -0.4 is 5.73 Å². The first-order valence-corrected chi connectivity index (χ1v) is 12.6. The lowest BCUT2D eigenvalue weighted by atomic mass is 9.87. The number of likely N-dealkylation sites (tertiary alicyclic amines) is 1. The van der Waals surface area contributed by atoms with Gasteiger partial charge in [0.1, 0.15) is 11.4 Å². The summed E-state index contributed by atoms with van der Waals surface area (Å²) in [5, 5.41) is 9.77. The zero-order valence-corrected chi connectivity index (χ0v) is 21.4. The Morgan fingerprint density at radius 1 is 1.16 bits per heavy atom. The molecule has 1 heterocycles. The van der Waals surface area contributed by atoms with E-state index in [0.717, 1.165) is 19.3 Å². The van der Waals surface area contributed by atoms with Crippen LogP contribution in [0.25, 0.3) is 11.1 Å². The molecule has 2 fully saturated rings. The molecular formula is C29H32FN3O4. The number of amides is 2. The third-order valence-electron chi connectivity index (χ3n) is 7.15. The number of hydrogen-bond acceptors (Lipinski definition) is 5. The van der Waals surface area contributed by atoms with Crippen LogP contribution in [0.4, 0.5) is 9.18 Å². The van der Waals surface area contributed by atoms with Crippen molar-refractivity contribution < 1.29 is 23.5 Å². The molecule has 1 saturated carbocycles. The number of fused-ring (bicyclic) bond motifs is 2. The highest BCUT2D eigenvalue weighted by atomic mass is 19.1. The Hall–Kier alpha value is -3.73. The van der Waals surface area contributed by atoms with Crippen molar-refractivity contribution in [1.82, 2.24) is 4.90 Å². The largest absolute Gasteiger partial charge is 0.444 e. The van der Waals surface area contributed by atoms with Gasteiger partial charge < -0.3 is 10.5 Å². The van der Waals surface area contributed by atoms with Gasteiger partial charge >= 0.3 is 6.09 Å². The number of nitrogens with two attached hydrogens (primary N) is 1. The number of hydrogen-bond donors (Lipinski definition) is 1. The van der Waals surface area contributed by atoms with Gasteiger partial charge in [-0.2, -0.15) is 5.26 Å². The summed E-state index contributed by atoms with van der Waals surface area (Å²) in [7, 11) is 0. The number of ketones is 1. The molecule has 7 nitrogen and oxygen atoms in total. The maximum atomic E-state index is 15.0. The van der Waals surface area contributed by atoms with Crippen molar-refractivity contribution in [2.45, 2.75) is 70.6 Å². The molecule has 2 amide bonds. The molecule has 194 valence electrons. The highest BCUT2D eigenvalue weighted by Gasteiger charge is 2.52. The van der Waals surface area contributed by atoms with Gasteiger partial charge in [-0.05, 0) is 87.3 Å². The van der Waals surface area contributed by atoms with Crippen molar-refractivity contribution in [2.75, 3.05) is 0 Å². The van der Waals surface area contributed by atoms with Crippen LogP contribution in [-0.2, 0) is 16.0 Å². The number of halogens is 1. The fourth-order valence-electron chi connectivity index (χ4n) is 5.52. The van der Waals surface area contributed by atoms with Crippen LogP contribution in [0.15, 0.2) is 42.5 Å². The van der Waals surface area contributed by atoms with E-state index in [1.54, 1.807) is 62.1 Å². The first-order chi connectivity index (χ1) is 17.5. The third-order valence-corrected chi connectivity index (χ3v) is 7.15. The molecule has 0 unspecified atom stereocenters. The summed E-state index contributed by atoms with van der Waals surface area (Å²) >= 11 is 0. The highest BCUT2D eigenvalue weighted by Crippen LogP contribution is 2.44. The average molecular weight is 506 g/mol. The van der Waals surface area contributed by atoms with E-state index in [4.69, 9.17) is 10.5 Å². The topological polar surface area (TPSA) is 113 Å². The first-order valence-electron chi connectivity index (χ1n) is 12.6. The molecule has 0 radical (unpaired) electrons. The summed E-state index contributed by atoms with van der Waals surface area (Å²) in [6, 6.07) is 12.8. The molecule has 4 rings (SSSR count). The van der Waals surface area contributed by atoms with E-state index in [2.05, 4.69) is 6.07 Å². The first kappa shape index (κ1) is 26.3. The second-order valence-corrected chi connectivity index (χ2v) is 11.0. The number of carbonyl (C=O) groups excluding carboxylic acids is 3. The third kappa shape index (κ3) is 5.82. The van der Waals surface area contributed by atoms with Crippen LogP contribution in [0.3, 0.4) is 0 Å². The Morgan fingerprint density at radius 3 is 2.54 bits per heavy atom. The average Bonchev–Trinajstić information content (AvgIpc) is 3.45. The van der Waals surface area contributed by atoms with E-state index >= 15 is 4.39 Å². The van der Waals surface area contributed by atoms with E-state index in [0.29, 0.717) is 22.3 Å². The van der Waals surface area contributed by atoms with E-state index in [1.807, 2.05) is 0 Å². The lowest BCUT2D eigenvalue weighted by Crippen LogP contribution is -2.51. The van der Waals surface area contributed by atoms with E-state index in [1.165, 1.54) is 6.07 Å². The second kappa shape index (κ2) is 10.3. The Labute approximate surface area is 216 Å². The van der Waals surface area contributed by atoms with E-state index < -0.39 is 35.4 Å². The number of piperidine rings is 1. The van der Waals surface area contributed by atoms with Crippen molar-refractivity contribution in [1.29, 1.82) is 5.26 Å². The van der Waals surface area contributed by atoms with Gasteiger partial charge in [0.25, 0.3) is 0 Å². The van der Waals surface area contributed by atoms with Gasteiger partial charge in [0.2, 0.25) is 5.91 Å². The molecule has 1 aliphatic carbocycles. The normalized spacial score (nSPS) is 21.4. The number of rotatable bonds is 7. The van der Waals surface area contributed by atoms with Gasteiger partial charge in [-0.1, -0.05) is 24.3 Å². The molecule has 2 bridgehead atoms. The summed E-state index contributed by atoms with van der Waals surface area (Å²) in [4.78, 5) is 39.3. The highest BCUT2D eigenvalue weighted by molar-refractivity contribution is 5.94. The molecule has 2 aliphatic rings. The summed E-state index contributed by atoms with van der Waals surface area (Å²) in [6.07, 6.45) is 1.99. The summed E-state index contributed by atoms with van der Waals surface area (Å²) in [6.45, 7) is 5.36. The minimum Gasteiger partial charge on any atom is -0.444 e. The minimum absolute atomic E-state index is 0.0209. The molecule has 37 heavy (non-hydrogen) atoms. The quantitative estimate of drug-likeness (QED) is 0.568. The molecule has 0 aromatic heterocycles. The molecule has 1 saturated heterocycles. The van der Waals surface area contributed by atoms with Crippen LogP contribution in [0.2, 0.25) is 0 Å². The van der Waals surface area contributed by atoms with Crippen LogP contribution in [0.1, 0.15) is 62.4 Å². The van der Waals surface area contributed by atoms with E-state index in [-0.39, 0.29) is 30.6 Å². The predicted molar refractivity (Wildman–Crippen MR) is 136 cm³/mol. The number of ether oxygens (including phenoxy) is 1. The molecule has 0 spiro atoms. The van der Waals surface area contributed by atoms with Crippen LogP contribution in [-0.4, -0.2) is 40.4 Å². The molecule has 2 aromatic carbocycles. The number of nitrogens with zero attached hydrogens (tertiary/aromatic N) is 2.